The fourth-order valence-electron chi connectivity index (χ4n) is 5.72. The monoisotopic (exact) mass is 607 g/mol. The van der Waals surface area contributed by atoms with Crippen LogP contribution in [0.15, 0.2) is 66.2 Å². The number of ether oxygens (including phenoxy) is 1. The maximum atomic E-state index is 13.2. The van der Waals surface area contributed by atoms with Crippen molar-refractivity contribution in [3.63, 3.8) is 0 Å². The highest BCUT2D eigenvalue weighted by Crippen LogP contribution is 2.33. The zero-order valence-electron chi connectivity index (χ0n) is 23.5. The highest BCUT2D eigenvalue weighted by molar-refractivity contribution is 7.13. The molecular weight excluding hydrogens is 575 g/mol. The van der Waals surface area contributed by atoms with E-state index < -0.39 is 11.7 Å². The minimum absolute atomic E-state index is 0.0600. The highest BCUT2D eigenvalue weighted by Gasteiger charge is 2.30. The summed E-state index contributed by atoms with van der Waals surface area (Å²) in [5.74, 6) is 0.679. The SMILES string of the molecule is Nc1ncc(-c2ccc(C(=O)N3CCC(N4CCCC4)CC3)cc2)cc1OCc1csc(-c2ccc(C(F)(F)F)cc2)n1. The van der Waals surface area contributed by atoms with Gasteiger partial charge in [0.05, 0.1) is 11.3 Å². The van der Waals surface area contributed by atoms with Crippen molar-refractivity contribution in [1.82, 2.24) is 19.8 Å². The molecule has 0 bridgehead atoms. The van der Waals surface area contributed by atoms with E-state index in [1.807, 2.05) is 29.2 Å². The average molecular weight is 608 g/mol. The maximum absolute atomic E-state index is 13.2. The van der Waals surface area contributed by atoms with E-state index in [0.29, 0.717) is 33.6 Å². The largest absolute Gasteiger partial charge is 0.483 e. The summed E-state index contributed by atoms with van der Waals surface area (Å²) < 4.78 is 44.5. The molecule has 2 fully saturated rings. The number of pyridine rings is 1. The number of hydrogen-bond acceptors (Lipinski definition) is 7. The molecule has 6 rings (SSSR count). The number of carbonyl (C=O) groups is 1. The van der Waals surface area contributed by atoms with Gasteiger partial charge in [0.1, 0.15) is 11.6 Å². The summed E-state index contributed by atoms with van der Waals surface area (Å²) in [5.41, 5.74) is 8.92. The van der Waals surface area contributed by atoms with E-state index in [1.165, 1.54) is 49.4 Å². The number of nitrogen functional groups attached to an aromatic ring is 1. The summed E-state index contributed by atoms with van der Waals surface area (Å²) in [6.07, 6.45) is 1.90. The molecule has 4 heterocycles. The Balaban J connectivity index is 1.07. The molecular formula is C32H32F3N5O2S. The molecule has 11 heteroatoms. The van der Waals surface area contributed by atoms with E-state index >= 15 is 0 Å². The zero-order valence-corrected chi connectivity index (χ0v) is 24.3. The molecule has 2 aromatic heterocycles. The molecule has 43 heavy (non-hydrogen) atoms. The summed E-state index contributed by atoms with van der Waals surface area (Å²) in [6, 6.07) is 14.8. The van der Waals surface area contributed by atoms with E-state index in [9.17, 15) is 18.0 Å². The lowest BCUT2D eigenvalue weighted by atomic mass is 10.0. The number of nitrogens with zero attached hydrogens (tertiary/aromatic N) is 4. The predicted octanol–water partition coefficient (Wildman–Crippen LogP) is 6.75. The van der Waals surface area contributed by atoms with E-state index in [1.54, 1.807) is 17.6 Å². The fraction of sp³-hybridized carbons (Fsp3) is 0.344. The molecule has 0 atom stereocenters. The lowest BCUT2D eigenvalue weighted by molar-refractivity contribution is -0.137. The van der Waals surface area contributed by atoms with Crippen LogP contribution in [0.3, 0.4) is 0 Å². The molecule has 0 saturated carbocycles. The maximum Gasteiger partial charge on any atom is 0.416 e. The van der Waals surface area contributed by atoms with Gasteiger partial charge in [-0.15, -0.1) is 11.3 Å². The van der Waals surface area contributed by atoms with Crippen LogP contribution in [0.2, 0.25) is 0 Å². The quantitative estimate of drug-likeness (QED) is 0.250. The molecule has 1 amide bonds. The number of nitrogens with two attached hydrogens (primary N) is 1. The number of thiazole rings is 1. The van der Waals surface area contributed by atoms with E-state index in [2.05, 4.69) is 14.9 Å². The number of hydrogen-bond donors (Lipinski definition) is 1. The molecule has 2 saturated heterocycles. The van der Waals surface area contributed by atoms with Crippen LogP contribution in [0.5, 0.6) is 5.75 Å². The molecule has 0 radical (unpaired) electrons. The predicted molar refractivity (Wildman–Crippen MR) is 161 cm³/mol. The lowest BCUT2D eigenvalue weighted by Crippen LogP contribution is -2.45. The van der Waals surface area contributed by atoms with Crippen molar-refractivity contribution < 1.29 is 22.7 Å². The third-order valence-electron chi connectivity index (χ3n) is 8.14. The lowest BCUT2D eigenvalue weighted by Gasteiger charge is -2.36. The van der Waals surface area contributed by atoms with Crippen LogP contribution >= 0.6 is 11.3 Å². The Hall–Kier alpha value is -3.96. The Morgan fingerprint density at radius 1 is 0.953 bits per heavy atom. The van der Waals surface area contributed by atoms with Gasteiger partial charge in [-0.1, -0.05) is 24.3 Å². The topological polar surface area (TPSA) is 84.6 Å². The van der Waals surface area contributed by atoms with Gasteiger partial charge in [0.2, 0.25) is 0 Å². The Kier molecular flexibility index (Phi) is 8.36. The van der Waals surface area contributed by atoms with Crippen LogP contribution in [-0.4, -0.2) is 57.9 Å². The molecule has 0 spiro atoms. The number of benzene rings is 2. The van der Waals surface area contributed by atoms with Crippen LogP contribution in [0.1, 0.15) is 47.3 Å². The number of aromatic nitrogens is 2. The van der Waals surface area contributed by atoms with Crippen molar-refractivity contribution in [1.29, 1.82) is 0 Å². The first-order chi connectivity index (χ1) is 20.7. The fourth-order valence-corrected chi connectivity index (χ4v) is 6.53. The van der Waals surface area contributed by atoms with Crippen LogP contribution < -0.4 is 10.5 Å². The summed E-state index contributed by atoms with van der Waals surface area (Å²) in [4.78, 5) is 26.5. The van der Waals surface area contributed by atoms with Gasteiger partial charge >= 0.3 is 6.18 Å². The van der Waals surface area contributed by atoms with Crippen molar-refractivity contribution in [2.75, 3.05) is 31.9 Å². The van der Waals surface area contributed by atoms with Crippen molar-refractivity contribution in [2.24, 2.45) is 0 Å². The van der Waals surface area contributed by atoms with Crippen LogP contribution in [-0.2, 0) is 12.8 Å². The summed E-state index contributed by atoms with van der Waals surface area (Å²) in [7, 11) is 0. The summed E-state index contributed by atoms with van der Waals surface area (Å²) in [6.45, 7) is 4.06. The van der Waals surface area contributed by atoms with Gasteiger partial charge in [-0.2, -0.15) is 13.2 Å². The second kappa shape index (κ2) is 12.3. The third kappa shape index (κ3) is 6.67. The number of amides is 1. The first kappa shape index (κ1) is 29.1. The van der Waals surface area contributed by atoms with Crippen molar-refractivity contribution >= 4 is 23.1 Å². The van der Waals surface area contributed by atoms with Crippen LogP contribution in [0.4, 0.5) is 19.0 Å². The molecule has 2 aromatic carbocycles. The van der Waals surface area contributed by atoms with Crippen molar-refractivity contribution in [3.05, 3.63) is 83.0 Å². The normalized spacial score (nSPS) is 16.5. The number of alkyl halides is 3. The zero-order chi connectivity index (χ0) is 30.0. The second-order valence-corrected chi connectivity index (χ2v) is 11.8. The molecule has 0 unspecified atom stereocenters. The smallest absolute Gasteiger partial charge is 0.416 e. The number of piperidine rings is 1. The van der Waals surface area contributed by atoms with Gasteiger partial charge in [0.15, 0.2) is 11.6 Å². The molecule has 2 aliphatic rings. The Morgan fingerprint density at radius 2 is 1.63 bits per heavy atom. The summed E-state index contributed by atoms with van der Waals surface area (Å²) in [5, 5.41) is 2.39. The Morgan fingerprint density at radius 3 is 2.30 bits per heavy atom. The van der Waals surface area contributed by atoms with E-state index in [-0.39, 0.29) is 18.3 Å². The minimum atomic E-state index is -4.38. The Labute approximate surface area is 252 Å². The highest BCUT2D eigenvalue weighted by atomic mass is 32.1. The molecule has 4 aromatic rings. The molecule has 2 N–H and O–H groups in total. The Bertz CT molecular complexity index is 1560. The average Bonchev–Trinajstić information content (AvgIpc) is 3.74. The van der Waals surface area contributed by atoms with Gasteiger partial charge in [-0.25, -0.2) is 9.97 Å². The van der Waals surface area contributed by atoms with Crippen LogP contribution in [0.25, 0.3) is 21.7 Å². The minimum Gasteiger partial charge on any atom is -0.483 e. The first-order valence-corrected chi connectivity index (χ1v) is 15.3. The third-order valence-corrected chi connectivity index (χ3v) is 9.08. The van der Waals surface area contributed by atoms with Crippen molar-refractivity contribution in [2.45, 2.75) is 44.5 Å². The first-order valence-electron chi connectivity index (χ1n) is 14.4. The van der Waals surface area contributed by atoms with Gasteiger partial charge in [0.25, 0.3) is 5.91 Å². The molecule has 2 aliphatic heterocycles. The van der Waals surface area contributed by atoms with Crippen LogP contribution in [0, 0.1) is 0 Å². The number of halogens is 3. The van der Waals surface area contributed by atoms with Gasteiger partial charge in [-0.05, 0) is 74.7 Å². The molecule has 7 nitrogen and oxygen atoms in total. The summed E-state index contributed by atoms with van der Waals surface area (Å²) >= 11 is 1.32. The van der Waals surface area contributed by atoms with Gasteiger partial charge in [-0.3, -0.25) is 4.79 Å². The number of anilines is 1. The number of carbonyl (C=O) groups excluding carboxylic acids is 1. The number of rotatable bonds is 7. The van der Waals surface area contributed by atoms with Crippen molar-refractivity contribution in [3.8, 4) is 27.4 Å². The number of likely N-dealkylation sites (tertiary alicyclic amines) is 2. The van der Waals surface area contributed by atoms with Gasteiger partial charge in [0, 0.05) is 47.4 Å². The standard InChI is InChI=1S/C32H32F3N5O2S/c33-32(34,35)25-9-7-22(8-10-25)30-38-26(20-43-30)19-42-28-17-24(18-37-29(28)36)21-3-5-23(6-4-21)31(41)40-15-11-27(12-16-40)39-13-1-2-14-39/h3-10,17-18,20,27H,1-2,11-16,19H2,(H2,36,37). The molecule has 0 aliphatic carbocycles. The van der Waals surface area contributed by atoms with E-state index in [0.717, 1.165) is 49.2 Å². The second-order valence-electron chi connectivity index (χ2n) is 11.0. The molecule has 224 valence electrons. The van der Waals surface area contributed by atoms with Gasteiger partial charge < -0.3 is 20.3 Å². The van der Waals surface area contributed by atoms with E-state index in [4.69, 9.17) is 10.5 Å².